The van der Waals surface area contributed by atoms with Gasteiger partial charge in [-0.15, -0.1) is 0 Å². The van der Waals surface area contributed by atoms with Crippen molar-refractivity contribution < 1.29 is 19.2 Å². The monoisotopic (exact) mass is 273 g/mol. The lowest BCUT2D eigenvalue weighted by Crippen LogP contribution is -2.09. The van der Waals surface area contributed by atoms with E-state index in [0.29, 0.717) is 6.61 Å². The third kappa shape index (κ3) is 3.10. The van der Waals surface area contributed by atoms with Crippen LogP contribution in [0.2, 0.25) is 5.02 Å². The van der Waals surface area contributed by atoms with Crippen LogP contribution in [0.5, 0.6) is 5.75 Å². The molecule has 0 unspecified atom stereocenters. The highest BCUT2D eigenvalue weighted by Crippen LogP contribution is 2.32. The highest BCUT2D eigenvalue weighted by Gasteiger charge is 2.24. The Balaban J connectivity index is 3.30. The zero-order valence-corrected chi connectivity index (χ0v) is 10.7. The van der Waals surface area contributed by atoms with Gasteiger partial charge < -0.3 is 9.47 Å². The highest BCUT2D eigenvalue weighted by atomic mass is 35.5. The van der Waals surface area contributed by atoms with Crippen molar-refractivity contribution in [2.45, 2.75) is 13.8 Å². The Hall–Kier alpha value is -1.82. The number of benzene rings is 1. The second-order valence-electron chi connectivity index (χ2n) is 3.21. The fourth-order valence-electron chi connectivity index (χ4n) is 1.33. The van der Waals surface area contributed by atoms with E-state index in [1.165, 1.54) is 6.07 Å². The van der Waals surface area contributed by atoms with Crippen molar-refractivity contribution in [3.63, 3.8) is 0 Å². The van der Waals surface area contributed by atoms with Crippen LogP contribution in [0.25, 0.3) is 0 Å². The van der Waals surface area contributed by atoms with Crippen molar-refractivity contribution in [2.75, 3.05) is 13.2 Å². The Morgan fingerprint density at radius 1 is 1.39 bits per heavy atom. The van der Waals surface area contributed by atoms with Crippen LogP contribution in [0.1, 0.15) is 24.2 Å². The molecule has 6 nitrogen and oxygen atoms in total. The van der Waals surface area contributed by atoms with Crippen LogP contribution >= 0.6 is 11.6 Å². The van der Waals surface area contributed by atoms with Crippen molar-refractivity contribution in [1.82, 2.24) is 0 Å². The summed E-state index contributed by atoms with van der Waals surface area (Å²) in [5.41, 5.74) is -0.573. The summed E-state index contributed by atoms with van der Waals surface area (Å²) in [6.07, 6.45) is 0. The number of nitro groups is 1. The maximum Gasteiger partial charge on any atom is 0.345 e. The van der Waals surface area contributed by atoms with Crippen molar-refractivity contribution in [3.05, 3.63) is 32.8 Å². The molecule has 0 spiro atoms. The number of hydrogen-bond donors (Lipinski definition) is 0. The van der Waals surface area contributed by atoms with Gasteiger partial charge in [0.1, 0.15) is 11.3 Å². The first-order valence-electron chi connectivity index (χ1n) is 5.29. The topological polar surface area (TPSA) is 78.7 Å². The number of hydrogen-bond acceptors (Lipinski definition) is 5. The predicted molar refractivity (Wildman–Crippen MR) is 65.2 cm³/mol. The predicted octanol–water partition coefficient (Wildman–Crippen LogP) is 2.82. The quantitative estimate of drug-likeness (QED) is 0.468. The average molecular weight is 274 g/mol. The molecule has 98 valence electrons. The van der Waals surface area contributed by atoms with Gasteiger partial charge in [-0.25, -0.2) is 4.79 Å². The van der Waals surface area contributed by atoms with Crippen LogP contribution in [0.4, 0.5) is 5.69 Å². The molecule has 1 rings (SSSR count). The minimum atomic E-state index is -0.776. The Morgan fingerprint density at radius 2 is 2.06 bits per heavy atom. The number of rotatable bonds is 5. The number of carbonyl (C=O) groups is 1. The van der Waals surface area contributed by atoms with Gasteiger partial charge in [-0.1, -0.05) is 11.6 Å². The average Bonchev–Trinajstić information content (AvgIpc) is 2.31. The van der Waals surface area contributed by atoms with Gasteiger partial charge in [0.15, 0.2) is 0 Å². The summed E-state index contributed by atoms with van der Waals surface area (Å²) in [5.74, 6) is -0.561. The molecule has 0 saturated carbocycles. The smallest absolute Gasteiger partial charge is 0.345 e. The number of nitro benzene ring substituents is 1. The van der Waals surface area contributed by atoms with Gasteiger partial charge in [0, 0.05) is 12.1 Å². The third-order valence-corrected chi connectivity index (χ3v) is 2.34. The molecule has 1 aromatic carbocycles. The van der Waals surface area contributed by atoms with Gasteiger partial charge >= 0.3 is 5.97 Å². The van der Waals surface area contributed by atoms with E-state index in [-0.39, 0.29) is 22.9 Å². The van der Waals surface area contributed by atoms with Gasteiger partial charge in [0.25, 0.3) is 5.69 Å². The molecule has 0 bridgehead atoms. The maximum atomic E-state index is 11.6. The third-order valence-electron chi connectivity index (χ3n) is 2.04. The number of halogens is 1. The van der Waals surface area contributed by atoms with Gasteiger partial charge in [-0.05, 0) is 13.8 Å². The molecule has 0 N–H and O–H groups in total. The molecule has 7 heteroatoms. The summed E-state index contributed by atoms with van der Waals surface area (Å²) in [5, 5.41) is 10.9. The van der Waals surface area contributed by atoms with E-state index in [1.54, 1.807) is 13.8 Å². The van der Waals surface area contributed by atoms with E-state index in [2.05, 4.69) is 0 Å². The molecular weight excluding hydrogens is 262 g/mol. The lowest BCUT2D eigenvalue weighted by atomic mass is 10.1. The highest BCUT2D eigenvalue weighted by molar-refractivity contribution is 6.32. The van der Waals surface area contributed by atoms with Crippen LogP contribution in [0.3, 0.4) is 0 Å². The van der Waals surface area contributed by atoms with E-state index < -0.39 is 16.6 Å². The molecule has 0 aliphatic rings. The molecule has 0 heterocycles. The fraction of sp³-hybridized carbons (Fsp3) is 0.364. The normalized spacial score (nSPS) is 9.94. The number of carbonyl (C=O) groups excluding carboxylic acids is 1. The lowest BCUT2D eigenvalue weighted by Gasteiger charge is -2.08. The van der Waals surface area contributed by atoms with Gasteiger partial charge in [0.2, 0.25) is 0 Å². The summed E-state index contributed by atoms with van der Waals surface area (Å²) in [6, 6.07) is 2.31. The maximum absolute atomic E-state index is 11.6. The Kier molecular flexibility index (Phi) is 4.91. The number of esters is 1. The van der Waals surface area contributed by atoms with E-state index in [4.69, 9.17) is 21.1 Å². The van der Waals surface area contributed by atoms with Gasteiger partial charge in [-0.3, -0.25) is 10.1 Å². The summed E-state index contributed by atoms with van der Waals surface area (Å²) in [7, 11) is 0. The number of ether oxygens (including phenoxy) is 2. The largest absolute Gasteiger partial charge is 0.492 e. The van der Waals surface area contributed by atoms with Crippen LogP contribution < -0.4 is 4.74 Å². The second kappa shape index (κ2) is 6.20. The van der Waals surface area contributed by atoms with E-state index in [1.807, 2.05) is 0 Å². The first-order valence-corrected chi connectivity index (χ1v) is 5.66. The van der Waals surface area contributed by atoms with Crippen LogP contribution in [0, 0.1) is 10.1 Å². The molecule has 0 radical (unpaired) electrons. The zero-order chi connectivity index (χ0) is 13.7. The van der Waals surface area contributed by atoms with Gasteiger partial charge in [0.05, 0.1) is 23.2 Å². The van der Waals surface area contributed by atoms with Gasteiger partial charge in [-0.2, -0.15) is 0 Å². The summed E-state index contributed by atoms with van der Waals surface area (Å²) >= 11 is 5.82. The molecule has 0 aliphatic heterocycles. The Labute approximate surface area is 109 Å². The van der Waals surface area contributed by atoms with Crippen molar-refractivity contribution in [2.24, 2.45) is 0 Å². The minimum absolute atomic E-state index is 0.0802. The Bertz CT molecular complexity index is 475. The van der Waals surface area contributed by atoms with E-state index in [0.717, 1.165) is 6.07 Å². The van der Waals surface area contributed by atoms with Crippen molar-refractivity contribution in [3.8, 4) is 5.75 Å². The first kappa shape index (κ1) is 14.2. The molecule has 0 aromatic heterocycles. The Morgan fingerprint density at radius 3 is 2.56 bits per heavy atom. The number of nitrogens with zero attached hydrogens (tertiary/aromatic N) is 1. The zero-order valence-electron chi connectivity index (χ0n) is 9.94. The second-order valence-corrected chi connectivity index (χ2v) is 3.62. The van der Waals surface area contributed by atoms with Crippen LogP contribution in [-0.4, -0.2) is 24.1 Å². The fourth-order valence-corrected chi connectivity index (χ4v) is 1.54. The molecule has 0 aliphatic carbocycles. The molecule has 18 heavy (non-hydrogen) atoms. The SMILES string of the molecule is CCOC(=O)c1cc(OCC)c(Cl)cc1[N+](=O)[O-]. The van der Waals surface area contributed by atoms with Crippen molar-refractivity contribution >= 4 is 23.3 Å². The standard InChI is InChI=1S/C11H12ClNO5/c1-3-17-10-5-7(11(14)18-4-2)9(13(15)16)6-8(10)12/h5-6H,3-4H2,1-2H3. The lowest BCUT2D eigenvalue weighted by molar-refractivity contribution is -0.385. The summed E-state index contributed by atoms with van der Waals surface area (Å²) in [4.78, 5) is 21.8. The molecule has 0 atom stereocenters. The van der Waals surface area contributed by atoms with Crippen LogP contribution in [0.15, 0.2) is 12.1 Å². The molecule has 0 saturated heterocycles. The molecule has 0 fully saturated rings. The molecular formula is C11H12ClNO5. The molecule has 1 aromatic rings. The summed E-state index contributed by atoms with van der Waals surface area (Å²) < 4.78 is 9.93. The minimum Gasteiger partial charge on any atom is -0.492 e. The van der Waals surface area contributed by atoms with Crippen molar-refractivity contribution in [1.29, 1.82) is 0 Å². The van der Waals surface area contributed by atoms with E-state index >= 15 is 0 Å². The van der Waals surface area contributed by atoms with E-state index in [9.17, 15) is 14.9 Å². The van der Waals surface area contributed by atoms with Crippen LogP contribution in [-0.2, 0) is 4.74 Å². The first-order chi connectivity index (χ1) is 8.51. The summed E-state index contributed by atoms with van der Waals surface area (Å²) in [6.45, 7) is 3.81. The molecule has 0 amide bonds.